The molecule has 1 N–H and O–H groups in total. The lowest BCUT2D eigenvalue weighted by molar-refractivity contribution is -0.128. The standard InChI is InChI=1S/C18H26N2O2/c1-14-11-20(12-15-5-3-2-4-6-15)13-17(14)19-18(21)16-7-9-22-10-8-16/h2-6,14,16-17H,7-13H2,1H3,(H,19,21)/t14-,17+/m1/s1. The lowest BCUT2D eigenvalue weighted by Gasteiger charge is -2.24. The van der Waals surface area contributed by atoms with Gasteiger partial charge in [0.15, 0.2) is 0 Å². The molecule has 2 aliphatic heterocycles. The molecule has 2 heterocycles. The summed E-state index contributed by atoms with van der Waals surface area (Å²) in [7, 11) is 0. The van der Waals surface area contributed by atoms with Gasteiger partial charge in [-0.05, 0) is 24.3 Å². The van der Waals surface area contributed by atoms with Crippen molar-refractivity contribution in [1.82, 2.24) is 10.2 Å². The first kappa shape index (κ1) is 15.5. The number of amides is 1. The molecule has 4 nitrogen and oxygen atoms in total. The topological polar surface area (TPSA) is 41.6 Å². The molecule has 0 aromatic heterocycles. The zero-order valence-electron chi connectivity index (χ0n) is 13.3. The molecule has 0 unspecified atom stereocenters. The summed E-state index contributed by atoms with van der Waals surface area (Å²) in [5.74, 6) is 0.873. The summed E-state index contributed by atoms with van der Waals surface area (Å²) in [6, 6.07) is 10.8. The Balaban J connectivity index is 1.51. The van der Waals surface area contributed by atoms with E-state index in [2.05, 4.69) is 41.4 Å². The number of benzene rings is 1. The second-order valence-electron chi connectivity index (χ2n) is 6.66. The van der Waals surface area contributed by atoms with Crippen molar-refractivity contribution in [1.29, 1.82) is 0 Å². The molecule has 3 rings (SSSR count). The molecular formula is C18H26N2O2. The Morgan fingerprint density at radius 2 is 1.95 bits per heavy atom. The Bertz CT molecular complexity index is 485. The zero-order chi connectivity index (χ0) is 15.4. The number of rotatable bonds is 4. The van der Waals surface area contributed by atoms with Crippen LogP contribution in [0.2, 0.25) is 0 Å². The van der Waals surface area contributed by atoms with Crippen LogP contribution in [0.4, 0.5) is 0 Å². The van der Waals surface area contributed by atoms with Crippen molar-refractivity contribution in [2.75, 3.05) is 26.3 Å². The van der Waals surface area contributed by atoms with Crippen LogP contribution in [0, 0.1) is 11.8 Å². The SMILES string of the molecule is C[C@@H]1CN(Cc2ccccc2)C[C@@H]1NC(=O)C1CCOCC1. The molecule has 4 heteroatoms. The zero-order valence-corrected chi connectivity index (χ0v) is 13.3. The van der Waals surface area contributed by atoms with E-state index in [1.807, 2.05) is 6.07 Å². The molecule has 22 heavy (non-hydrogen) atoms. The lowest BCUT2D eigenvalue weighted by atomic mass is 9.98. The third-order valence-corrected chi connectivity index (χ3v) is 4.86. The maximum Gasteiger partial charge on any atom is 0.223 e. The Morgan fingerprint density at radius 1 is 1.23 bits per heavy atom. The Labute approximate surface area is 132 Å². The van der Waals surface area contributed by atoms with E-state index in [4.69, 9.17) is 4.74 Å². The number of nitrogens with zero attached hydrogens (tertiary/aromatic N) is 1. The number of nitrogens with one attached hydrogen (secondary N) is 1. The van der Waals surface area contributed by atoms with Crippen molar-refractivity contribution >= 4 is 5.91 Å². The number of ether oxygens (including phenoxy) is 1. The number of carbonyl (C=O) groups is 1. The van der Waals surface area contributed by atoms with Crippen molar-refractivity contribution in [3.63, 3.8) is 0 Å². The highest BCUT2D eigenvalue weighted by Crippen LogP contribution is 2.21. The van der Waals surface area contributed by atoms with Crippen LogP contribution >= 0.6 is 0 Å². The van der Waals surface area contributed by atoms with Gasteiger partial charge in [0, 0.05) is 44.8 Å². The minimum atomic E-state index is 0.143. The summed E-state index contributed by atoms with van der Waals surface area (Å²) in [5, 5.41) is 3.28. The van der Waals surface area contributed by atoms with Gasteiger partial charge < -0.3 is 10.1 Å². The maximum absolute atomic E-state index is 12.4. The van der Waals surface area contributed by atoms with E-state index in [1.165, 1.54) is 5.56 Å². The molecule has 2 saturated heterocycles. The quantitative estimate of drug-likeness (QED) is 0.925. The van der Waals surface area contributed by atoms with Gasteiger partial charge in [0.2, 0.25) is 5.91 Å². The summed E-state index contributed by atoms with van der Waals surface area (Å²) >= 11 is 0. The third kappa shape index (κ3) is 3.87. The third-order valence-electron chi connectivity index (χ3n) is 4.86. The van der Waals surface area contributed by atoms with Gasteiger partial charge >= 0.3 is 0 Å². The summed E-state index contributed by atoms with van der Waals surface area (Å²) in [6.45, 7) is 6.64. The van der Waals surface area contributed by atoms with E-state index >= 15 is 0 Å². The van der Waals surface area contributed by atoms with Crippen LogP contribution in [0.1, 0.15) is 25.3 Å². The van der Waals surface area contributed by atoms with Crippen LogP contribution in [0.3, 0.4) is 0 Å². The largest absolute Gasteiger partial charge is 0.381 e. The van der Waals surface area contributed by atoms with Gasteiger partial charge in [0.1, 0.15) is 0 Å². The average Bonchev–Trinajstić information content (AvgIpc) is 2.88. The van der Waals surface area contributed by atoms with E-state index < -0.39 is 0 Å². The van der Waals surface area contributed by atoms with Crippen molar-refractivity contribution in [3.05, 3.63) is 35.9 Å². The highest BCUT2D eigenvalue weighted by atomic mass is 16.5. The Morgan fingerprint density at radius 3 is 2.68 bits per heavy atom. The van der Waals surface area contributed by atoms with Gasteiger partial charge in [0.25, 0.3) is 0 Å². The van der Waals surface area contributed by atoms with E-state index in [-0.39, 0.29) is 17.9 Å². The summed E-state index contributed by atoms with van der Waals surface area (Å²) in [4.78, 5) is 14.8. The fraction of sp³-hybridized carbons (Fsp3) is 0.611. The summed E-state index contributed by atoms with van der Waals surface area (Å²) in [6.07, 6.45) is 1.72. The Kier molecular flexibility index (Phi) is 5.11. The number of carbonyl (C=O) groups excluding carboxylic acids is 1. The van der Waals surface area contributed by atoms with E-state index in [9.17, 15) is 4.79 Å². The highest BCUT2D eigenvalue weighted by Gasteiger charge is 2.32. The molecule has 1 aromatic carbocycles. The van der Waals surface area contributed by atoms with Crippen LogP contribution in [-0.2, 0) is 16.1 Å². The first-order chi connectivity index (χ1) is 10.7. The number of hydrogen-bond acceptors (Lipinski definition) is 3. The van der Waals surface area contributed by atoms with Gasteiger partial charge in [-0.3, -0.25) is 9.69 Å². The molecule has 0 bridgehead atoms. The molecular weight excluding hydrogens is 276 g/mol. The van der Waals surface area contributed by atoms with Crippen LogP contribution < -0.4 is 5.32 Å². The van der Waals surface area contributed by atoms with Crippen LogP contribution in [0.15, 0.2) is 30.3 Å². The smallest absolute Gasteiger partial charge is 0.223 e. The predicted octanol–water partition coefficient (Wildman–Crippen LogP) is 2.05. The average molecular weight is 302 g/mol. The fourth-order valence-electron chi connectivity index (χ4n) is 3.49. The molecule has 0 aliphatic carbocycles. The molecule has 1 amide bonds. The molecule has 1 aromatic rings. The van der Waals surface area contributed by atoms with E-state index in [0.29, 0.717) is 5.92 Å². The molecule has 120 valence electrons. The number of likely N-dealkylation sites (tertiary alicyclic amines) is 1. The minimum Gasteiger partial charge on any atom is -0.381 e. The van der Waals surface area contributed by atoms with E-state index in [0.717, 1.165) is 45.7 Å². The van der Waals surface area contributed by atoms with Gasteiger partial charge in [-0.1, -0.05) is 37.3 Å². The first-order valence-electron chi connectivity index (χ1n) is 8.37. The van der Waals surface area contributed by atoms with Crippen LogP contribution in [0.5, 0.6) is 0 Å². The van der Waals surface area contributed by atoms with Gasteiger partial charge in [0.05, 0.1) is 0 Å². The summed E-state index contributed by atoms with van der Waals surface area (Å²) < 4.78 is 5.34. The molecule has 2 aliphatic rings. The Hall–Kier alpha value is -1.39. The molecule has 0 spiro atoms. The van der Waals surface area contributed by atoms with E-state index in [1.54, 1.807) is 0 Å². The second kappa shape index (κ2) is 7.25. The lowest BCUT2D eigenvalue weighted by Crippen LogP contribution is -2.44. The minimum absolute atomic E-state index is 0.143. The molecule has 2 atom stereocenters. The first-order valence-corrected chi connectivity index (χ1v) is 8.37. The van der Waals surface area contributed by atoms with Crippen molar-refractivity contribution in [2.45, 2.75) is 32.4 Å². The van der Waals surface area contributed by atoms with Gasteiger partial charge in [-0.25, -0.2) is 0 Å². The van der Waals surface area contributed by atoms with Crippen molar-refractivity contribution < 1.29 is 9.53 Å². The van der Waals surface area contributed by atoms with Gasteiger partial charge in [-0.15, -0.1) is 0 Å². The highest BCUT2D eigenvalue weighted by molar-refractivity contribution is 5.79. The summed E-state index contributed by atoms with van der Waals surface area (Å²) in [5.41, 5.74) is 1.34. The number of hydrogen-bond donors (Lipinski definition) is 1. The fourth-order valence-corrected chi connectivity index (χ4v) is 3.49. The van der Waals surface area contributed by atoms with Gasteiger partial charge in [-0.2, -0.15) is 0 Å². The van der Waals surface area contributed by atoms with Crippen molar-refractivity contribution in [2.24, 2.45) is 11.8 Å². The maximum atomic E-state index is 12.4. The molecule has 0 radical (unpaired) electrons. The molecule has 0 saturated carbocycles. The monoisotopic (exact) mass is 302 g/mol. The normalized spacial score (nSPS) is 27.0. The molecule has 2 fully saturated rings. The predicted molar refractivity (Wildman–Crippen MR) is 86.4 cm³/mol. The second-order valence-corrected chi connectivity index (χ2v) is 6.66. The van der Waals surface area contributed by atoms with Crippen molar-refractivity contribution in [3.8, 4) is 0 Å². The van der Waals surface area contributed by atoms with Crippen LogP contribution in [-0.4, -0.2) is 43.2 Å². The van der Waals surface area contributed by atoms with Crippen LogP contribution in [0.25, 0.3) is 0 Å².